The molecule has 2 heterocycles. The first-order valence-electron chi connectivity index (χ1n) is 11.3. The fourth-order valence-electron chi connectivity index (χ4n) is 4.44. The quantitative estimate of drug-likeness (QED) is 0.564. The van der Waals surface area contributed by atoms with Crippen molar-refractivity contribution < 1.29 is 4.79 Å². The van der Waals surface area contributed by atoms with Gasteiger partial charge in [0.05, 0.1) is 17.8 Å². The van der Waals surface area contributed by atoms with Crippen molar-refractivity contribution in [3.8, 4) is 0 Å². The predicted octanol–water partition coefficient (Wildman–Crippen LogP) is 4.77. The van der Waals surface area contributed by atoms with Crippen LogP contribution in [0.15, 0.2) is 48.5 Å². The molecule has 4 rings (SSSR count). The lowest BCUT2D eigenvalue weighted by Gasteiger charge is -2.35. The first-order chi connectivity index (χ1) is 15.5. The van der Waals surface area contributed by atoms with Crippen molar-refractivity contribution in [2.45, 2.75) is 52.7 Å². The van der Waals surface area contributed by atoms with Gasteiger partial charge in [0.2, 0.25) is 0 Å². The summed E-state index contributed by atoms with van der Waals surface area (Å²) in [6.07, 6.45) is 2.03. The van der Waals surface area contributed by atoms with Gasteiger partial charge in [-0.15, -0.1) is 0 Å². The number of fused-ring (bicyclic) bond motifs is 1. The van der Waals surface area contributed by atoms with Crippen molar-refractivity contribution in [2.24, 2.45) is 0 Å². The largest absolute Gasteiger partial charge is 0.350 e. The molecule has 2 aromatic carbocycles. The molecule has 5 nitrogen and oxygen atoms in total. The average molecular weight is 451 g/mol. The summed E-state index contributed by atoms with van der Waals surface area (Å²) in [4.78, 5) is 15.5. The molecule has 1 amide bonds. The van der Waals surface area contributed by atoms with Crippen molar-refractivity contribution in [1.82, 2.24) is 20.0 Å². The highest BCUT2D eigenvalue weighted by Crippen LogP contribution is 2.23. The summed E-state index contributed by atoms with van der Waals surface area (Å²) < 4.78 is 1.70. The third kappa shape index (κ3) is 4.89. The number of nitrogens with one attached hydrogen (secondary N) is 1. The summed E-state index contributed by atoms with van der Waals surface area (Å²) in [6.45, 7) is 9.15. The highest BCUT2D eigenvalue weighted by Gasteiger charge is 2.25. The number of rotatable bonds is 7. The molecule has 0 spiro atoms. The van der Waals surface area contributed by atoms with Gasteiger partial charge in [-0.3, -0.25) is 9.69 Å². The molecule has 1 aliphatic rings. The van der Waals surface area contributed by atoms with Crippen molar-refractivity contribution in [1.29, 1.82) is 0 Å². The van der Waals surface area contributed by atoms with Gasteiger partial charge in [-0.2, -0.15) is 5.10 Å². The average Bonchev–Trinajstić information content (AvgIpc) is 3.08. The smallest absolute Gasteiger partial charge is 0.256 e. The van der Waals surface area contributed by atoms with Crippen LogP contribution < -0.4 is 5.32 Å². The Balaban J connectivity index is 1.41. The Labute approximate surface area is 195 Å². The minimum absolute atomic E-state index is 0.154. The second kappa shape index (κ2) is 9.88. The lowest BCUT2D eigenvalue weighted by molar-refractivity contribution is 0.0925. The zero-order chi connectivity index (χ0) is 22.7. The number of hydrogen-bond donors (Lipinski definition) is 1. The van der Waals surface area contributed by atoms with E-state index in [1.807, 2.05) is 6.92 Å². The first kappa shape index (κ1) is 22.6. The number of nitrogens with zero attached hydrogens (tertiary/aromatic N) is 3. The third-order valence-corrected chi connectivity index (χ3v) is 6.78. The van der Waals surface area contributed by atoms with E-state index in [4.69, 9.17) is 11.6 Å². The molecule has 3 aromatic rings. The van der Waals surface area contributed by atoms with Gasteiger partial charge in [0.15, 0.2) is 0 Å². The molecule has 1 atom stereocenters. The van der Waals surface area contributed by atoms with Crippen LogP contribution in [0.3, 0.4) is 0 Å². The number of hydrogen-bond acceptors (Lipinski definition) is 3. The highest BCUT2D eigenvalue weighted by atomic mass is 35.5. The molecule has 168 valence electrons. The molecule has 6 heteroatoms. The van der Waals surface area contributed by atoms with E-state index in [0.29, 0.717) is 29.5 Å². The molecule has 0 saturated carbocycles. The van der Waals surface area contributed by atoms with Crippen molar-refractivity contribution >= 4 is 17.5 Å². The molecular formula is C26H31ClN4O. The number of halogens is 1. The normalized spacial score (nSPS) is 14.8. The molecular weight excluding hydrogens is 420 g/mol. The van der Waals surface area contributed by atoms with E-state index in [1.54, 1.807) is 4.68 Å². The maximum atomic E-state index is 13.0. The Bertz CT molecular complexity index is 1090. The Hall–Kier alpha value is -2.63. The molecule has 32 heavy (non-hydrogen) atoms. The SMILES string of the molecule is CCC(CNC(=O)c1c(C)nn(Cc2ccc(C)cc2)c1Cl)N1CCc2ccccc2C1. The zero-order valence-corrected chi connectivity index (χ0v) is 19.8. The van der Waals surface area contributed by atoms with Crippen LogP contribution in [0.4, 0.5) is 0 Å². The maximum Gasteiger partial charge on any atom is 0.256 e. The lowest BCUT2D eigenvalue weighted by Crippen LogP contribution is -2.45. The molecule has 1 aromatic heterocycles. The minimum atomic E-state index is -0.154. The molecule has 1 aliphatic heterocycles. The van der Waals surface area contributed by atoms with E-state index in [0.717, 1.165) is 31.5 Å². The van der Waals surface area contributed by atoms with E-state index >= 15 is 0 Å². The van der Waals surface area contributed by atoms with Crippen LogP contribution in [0.25, 0.3) is 0 Å². The van der Waals surface area contributed by atoms with Crippen LogP contribution in [0.1, 0.15) is 51.7 Å². The van der Waals surface area contributed by atoms with Crippen LogP contribution in [0.5, 0.6) is 0 Å². The molecule has 0 saturated heterocycles. The summed E-state index contributed by atoms with van der Waals surface area (Å²) in [5.41, 5.74) is 6.26. The first-order valence-corrected chi connectivity index (χ1v) is 11.7. The molecule has 0 fully saturated rings. The van der Waals surface area contributed by atoms with Gasteiger partial charge in [0.1, 0.15) is 5.15 Å². The fraction of sp³-hybridized carbons (Fsp3) is 0.385. The molecule has 0 radical (unpaired) electrons. The number of benzene rings is 2. The standard InChI is InChI=1S/C26H31ClN4O/c1-4-23(30-14-13-21-7-5-6-8-22(21)17-30)15-28-26(32)24-19(3)29-31(25(24)27)16-20-11-9-18(2)10-12-20/h5-12,23H,4,13-17H2,1-3H3,(H,28,32). The van der Waals surface area contributed by atoms with Crippen LogP contribution in [0, 0.1) is 13.8 Å². The van der Waals surface area contributed by atoms with Gasteiger partial charge in [-0.05, 0) is 43.4 Å². The maximum absolute atomic E-state index is 13.0. The predicted molar refractivity (Wildman–Crippen MR) is 129 cm³/mol. The second-order valence-corrected chi connectivity index (χ2v) is 9.01. The monoisotopic (exact) mass is 450 g/mol. The van der Waals surface area contributed by atoms with Gasteiger partial charge in [0, 0.05) is 25.7 Å². The van der Waals surface area contributed by atoms with Gasteiger partial charge in [0.25, 0.3) is 5.91 Å². The molecule has 0 bridgehead atoms. The number of aryl methyl sites for hydroxylation is 2. The van der Waals surface area contributed by atoms with E-state index < -0.39 is 0 Å². The number of carbonyl (C=O) groups excluding carboxylic acids is 1. The van der Waals surface area contributed by atoms with Crippen molar-refractivity contribution in [3.05, 3.63) is 87.2 Å². The fourth-order valence-corrected chi connectivity index (χ4v) is 4.76. The van der Waals surface area contributed by atoms with Crippen LogP contribution in [-0.4, -0.2) is 39.7 Å². The van der Waals surface area contributed by atoms with Gasteiger partial charge in [-0.1, -0.05) is 72.6 Å². The van der Waals surface area contributed by atoms with Gasteiger partial charge in [-0.25, -0.2) is 4.68 Å². The second-order valence-electron chi connectivity index (χ2n) is 8.66. The summed E-state index contributed by atoms with van der Waals surface area (Å²) >= 11 is 6.59. The van der Waals surface area contributed by atoms with Crippen LogP contribution >= 0.6 is 11.6 Å². The molecule has 1 unspecified atom stereocenters. The molecule has 0 aliphatic carbocycles. The number of aromatic nitrogens is 2. The van der Waals surface area contributed by atoms with Crippen molar-refractivity contribution in [3.63, 3.8) is 0 Å². The molecule has 1 N–H and O–H groups in total. The lowest BCUT2D eigenvalue weighted by atomic mass is 9.98. The Morgan fingerprint density at radius 1 is 1.12 bits per heavy atom. The Kier molecular flexibility index (Phi) is 6.97. The summed E-state index contributed by atoms with van der Waals surface area (Å²) in [7, 11) is 0. The Morgan fingerprint density at radius 2 is 1.84 bits per heavy atom. The van der Waals surface area contributed by atoms with Crippen LogP contribution in [0.2, 0.25) is 5.15 Å². The zero-order valence-electron chi connectivity index (χ0n) is 19.1. The summed E-state index contributed by atoms with van der Waals surface area (Å²) in [5, 5.41) is 8.03. The van der Waals surface area contributed by atoms with E-state index in [-0.39, 0.29) is 11.9 Å². The highest BCUT2D eigenvalue weighted by molar-refractivity contribution is 6.33. The minimum Gasteiger partial charge on any atom is -0.350 e. The number of carbonyl (C=O) groups is 1. The van der Waals surface area contributed by atoms with Crippen molar-refractivity contribution in [2.75, 3.05) is 13.1 Å². The number of amides is 1. The van der Waals surface area contributed by atoms with Crippen LogP contribution in [-0.2, 0) is 19.5 Å². The summed E-state index contributed by atoms with van der Waals surface area (Å²) in [5.74, 6) is -0.154. The van der Waals surface area contributed by atoms with Gasteiger partial charge < -0.3 is 5.32 Å². The topological polar surface area (TPSA) is 50.2 Å². The van der Waals surface area contributed by atoms with E-state index in [2.05, 4.69) is 77.7 Å². The Morgan fingerprint density at radius 3 is 2.56 bits per heavy atom. The van der Waals surface area contributed by atoms with Gasteiger partial charge >= 0.3 is 0 Å². The van der Waals surface area contributed by atoms with E-state index in [1.165, 1.54) is 16.7 Å². The summed E-state index contributed by atoms with van der Waals surface area (Å²) in [6, 6.07) is 17.2. The van der Waals surface area contributed by atoms with E-state index in [9.17, 15) is 4.79 Å². The third-order valence-electron chi connectivity index (χ3n) is 6.39.